The molecule has 2 aliphatic heterocycles. The summed E-state index contributed by atoms with van der Waals surface area (Å²) in [7, 11) is 0. The predicted molar refractivity (Wildman–Crippen MR) is 104 cm³/mol. The summed E-state index contributed by atoms with van der Waals surface area (Å²) in [5, 5.41) is 69.7. The van der Waals surface area contributed by atoms with Gasteiger partial charge in [-0.15, -0.1) is 0 Å². The molecule has 4 rings (SSSR count). The quantitative estimate of drug-likeness (QED) is 0.326. The smallest absolute Gasteiger partial charge is 0.229 e. The molecule has 7 N–H and O–H groups in total. The number of benzene rings is 2. The van der Waals surface area contributed by atoms with E-state index in [2.05, 4.69) is 0 Å². The zero-order valence-corrected chi connectivity index (χ0v) is 16.3. The van der Waals surface area contributed by atoms with E-state index in [-0.39, 0.29) is 29.4 Å². The summed E-state index contributed by atoms with van der Waals surface area (Å²) in [6, 6.07) is 8.77. The molecule has 2 heterocycles. The lowest BCUT2D eigenvalue weighted by Crippen LogP contribution is -2.60. The Morgan fingerprint density at radius 2 is 1.61 bits per heavy atom. The highest BCUT2D eigenvalue weighted by atomic mass is 16.7. The number of fused-ring (bicyclic) bond motifs is 1. The Morgan fingerprint density at radius 3 is 2.29 bits per heavy atom. The Labute approximate surface area is 177 Å². The Morgan fingerprint density at radius 1 is 0.903 bits per heavy atom. The average molecular weight is 436 g/mol. The van der Waals surface area contributed by atoms with Gasteiger partial charge in [0, 0.05) is 24.1 Å². The maximum absolute atomic E-state index is 10.7. The van der Waals surface area contributed by atoms with E-state index in [1.165, 1.54) is 24.3 Å². The molecule has 0 aromatic heterocycles. The lowest BCUT2D eigenvalue weighted by molar-refractivity contribution is -0.277. The van der Waals surface area contributed by atoms with Crippen molar-refractivity contribution in [1.82, 2.24) is 0 Å². The summed E-state index contributed by atoms with van der Waals surface area (Å²) in [6.45, 7) is -0.612. The number of phenolic OH excluding ortho intramolecular Hbond substituents is 2. The van der Waals surface area contributed by atoms with E-state index in [1.807, 2.05) is 0 Å². The molecule has 2 aromatic carbocycles. The summed E-state index contributed by atoms with van der Waals surface area (Å²) < 4.78 is 16.9. The van der Waals surface area contributed by atoms with Crippen molar-refractivity contribution in [2.75, 3.05) is 6.61 Å². The molecular formula is C21H24O10. The minimum absolute atomic E-state index is 0.0440. The van der Waals surface area contributed by atoms with Crippen LogP contribution in [0.5, 0.6) is 23.0 Å². The summed E-state index contributed by atoms with van der Waals surface area (Å²) in [4.78, 5) is 0. The van der Waals surface area contributed by atoms with Crippen LogP contribution in [-0.2, 0) is 11.2 Å². The van der Waals surface area contributed by atoms with Crippen molar-refractivity contribution >= 4 is 0 Å². The van der Waals surface area contributed by atoms with Gasteiger partial charge in [-0.3, -0.25) is 0 Å². The Kier molecular flexibility index (Phi) is 5.93. The van der Waals surface area contributed by atoms with Crippen molar-refractivity contribution < 1.29 is 50.0 Å². The van der Waals surface area contributed by atoms with Crippen LogP contribution >= 0.6 is 0 Å². The van der Waals surface area contributed by atoms with Crippen LogP contribution in [0.3, 0.4) is 0 Å². The first kappa shape index (κ1) is 21.6. The van der Waals surface area contributed by atoms with E-state index in [4.69, 9.17) is 14.2 Å². The third-order valence-electron chi connectivity index (χ3n) is 5.48. The first-order valence-electron chi connectivity index (χ1n) is 9.75. The molecule has 31 heavy (non-hydrogen) atoms. The number of hydrogen-bond donors (Lipinski definition) is 7. The van der Waals surface area contributed by atoms with Gasteiger partial charge in [0.15, 0.2) is 0 Å². The summed E-state index contributed by atoms with van der Waals surface area (Å²) >= 11 is 0. The van der Waals surface area contributed by atoms with Gasteiger partial charge >= 0.3 is 0 Å². The molecule has 0 saturated carbocycles. The largest absolute Gasteiger partial charge is 0.508 e. The van der Waals surface area contributed by atoms with Gasteiger partial charge in [-0.1, -0.05) is 12.1 Å². The first-order chi connectivity index (χ1) is 14.8. The van der Waals surface area contributed by atoms with Crippen LogP contribution < -0.4 is 9.47 Å². The van der Waals surface area contributed by atoms with Crippen LogP contribution in [-0.4, -0.2) is 79.2 Å². The second-order valence-electron chi connectivity index (χ2n) is 7.64. The number of rotatable bonds is 4. The molecule has 2 unspecified atom stereocenters. The van der Waals surface area contributed by atoms with Gasteiger partial charge in [-0.25, -0.2) is 0 Å². The molecule has 7 atom stereocenters. The lowest BCUT2D eigenvalue weighted by Gasteiger charge is -2.40. The minimum atomic E-state index is -1.63. The van der Waals surface area contributed by atoms with Gasteiger partial charge < -0.3 is 50.0 Å². The summed E-state index contributed by atoms with van der Waals surface area (Å²) in [5.41, 5.74) is 1.02. The van der Waals surface area contributed by atoms with Crippen molar-refractivity contribution in [3.63, 3.8) is 0 Å². The van der Waals surface area contributed by atoms with Gasteiger partial charge in [0.1, 0.15) is 53.5 Å². The van der Waals surface area contributed by atoms with Crippen LogP contribution in [0.25, 0.3) is 0 Å². The fourth-order valence-electron chi connectivity index (χ4n) is 3.79. The standard InChI is InChI=1S/C21H24O10/c22-8-16-17(26)18(27)19(28)21(31-16)30-15-6-11(24)5-14-12(15)7-13(25)20(29-14)9-1-3-10(23)4-2-9/h1-6,13,16-28H,7-8H2/t13-,16?,17-,18+,19?,20-,21-/m1/s1. The van der Waals surface area contributed by atoms with Gasteiger partial charge in [0.05, 0.1) is 12.7 Å². The molecular weight excluding hydrogens is 412 g/mol. The van der Waals surface area contributed by atoms with Crippen LogP contribution in [0, 0.1) is 0 Å². The molecule has 1 fully saturated rings. The van der Waals surface area contributed by atoms with Crippen molar-refractivity contribution in [2.24, 2.45) is 0 Å². The maximum Gasteiger partial charge on any atom is 0.229 e. The lowest BCUT2D eigenvalue weighted by atomic mass is 9.94. The van der Waals surface area contributed by atoms with Crippen LogP contribution in [0.15, 0.2) is 36.4 Å². The maximum atomic E-state index is 10.7. The third-order valence-corrected chi connectivity index (χ3v) is 5.48. The van der Waals surface area contributed by atoms with Crippen LogP contribution in [0.4, 0.5) is 0 Å². The molecule has 10 nitrogen and oxygen atoms in total. The van der Waals surface area contributed by atoms with E-state index in [1.54, 1.807) is 12.1 Å². The second-order valence-corrected chi connectivity index (χ2v) is 7.64. The van der Waals surface area contributed by atoms with E-state index < -0.39 is 49.5 Å². The molecule has 2 aromatic rings. The third kappa shape index (κ3) is 4.13. The predicted octanol–water partition coefficient (Wildman–Crippen LogP) is -0.686. The Balaban J connectivity index is 1.61. The van der Waals surface area contributed by atoms with Gasteiger partial charge in [0.25, 0.3) is 0 Å². The average Bonchev–Trinajstić information content (AvgIpc) is 2.75. The van der Waals surface area contributed by atoms with E-state index in [0.717, 1.165) is 0 Å². The monoisotopic (exact) mass is 436 g/mol. The second kappa shape index (κ2) is 8.50. The van der Waals surface area contributed by atoms with E-state index in [0.29, 0.717) is 11.1 Å². The number of hydrogen-bond acceptors (Lipinski definition) is 10. The molecule has 0 bridgehead atoms. The van der Waals surface area contributed by atoms with Gasteiger partial charge in [0.2, 0.25) is 6.29 Å². The molecule has 0 radical (unpaired) electrons. The van der Waals surface area contributed by atoms with Gasteiger partial charge in [-0.05, 0) is 17.7 Å². The van der Waals surface area contributed by atoms with E-state index in [9.17, 15) is 35.7 Å². The fraction of sp³-hybridized carbons (Fsp3) is 0.429. The zero-order chi connectivity index (χ0) is 22.3. The SMILES string of the molecule is OCC1O[C@@H](Oc2cc(O)cc3c2C[C@@H](O)[C@@H](c2ccc(O)cc2)O3)C(O)[C@@H](O)[C@@H]1O. The number of aliphatic hydroxyl groups excluding tert-OH is 5. The normalized spacial score (nSPS) is 32.7. The highest BCUT2D eigenvalue weighted by molar-refractivity contribution is 5.52. The molecule has 168 valence electrons. The van der Waals surface area contributed by atoms with Crippen molar-refractivity contribution in [1.29, 1.82) is 0 Å². The first-order valence-corrected chi connectivity index (χ1v) is 9.75. The topological polar surface area (TPSA) is 169 Å². The summed E-state index contributed by atoms with van der Waals surface area (Å²) in [6.07, 6.45) is -9.05. The minimum Gasteiger partial charge on any atom is -0.508 e. The molecule has 0 spiro atoms. The van der Waals surface area contributed by atoms with Crippen LogP contribution in [0.2, 0.25) is 0 Å². The van der Waals surface area contributed by atoms with E-state index >= 15 is 0 Å². The van der Waals surface area contributed by atoms with Gasteiger partial charge in [-0.2, -0.15) is 0 Å². The molecule has 10 heteroatoms. The highest BCUT2D eigenvalue weighted by Gasteiger charge is 2.45. The molecule has 0 amide bonds. The number of aliphatic hydroxyl groups is 5. The summed E-state index contributed by atoms with van der Waals surface area (Å²) in [5.74, 6) is 0.145. The van der Waals surface area contributed by atoms with Crippen molar-refractivity contribution in [3.8, 4) is 23.0 Å². The number of ether oxygens (including phenoxy) is 3. The Hall–Kier alpha value is -2.60. The zero-order valence-electron chi connectivity index (χ0n) is 16.3. The number of phenols is 2. The number of aromatic hydroxyl groups is 2. The van der Waals surface area contributed by atoms with Crippen molar-refractivity contribution in [2.45, 2.75) is 49.3 Å². The highest BCUT2D eigenvalue weighted by Crippen LogP contribution is 2.43. The fourth-order valence-corrected chi connectivity index (χ4v) is 3.79. The molecule has 1 saturated heterocycles. The van der Waals surface area contributed by atoms with Crippen LogP contribution in [0.1, 0.15) is 17.2 Å². The molecule has 2 aliphatic rings. The Bertz CT molecular complexity index is 915. The molecule has 0 aliphatic carbocycles. The van der Waals surface area contributed by atoms with Crippen molar-refractivity contribution in [3.05, 3.63) is 47.5 Å².